The summed E-state index contributed by atoms with van der Waals surface area (Å²) in [5.74, 6) is -2.30. The molecule has 11 N–H and O–H groups in total. The number of aromatic amines is 1. The highest BCUT2D eigenvalue weighted by atomic mass is 16.4. The maximum Gasteiger partial charge on any atom is 0.337 e. The van der Waals surface area contributed by atoms with Gasteiger partial charge in [-0.1, -0.05) is 12.1 Å². The molecule has 12 heteroatoms. The Bertz CT molecular complexity index is 1660. The third-order valence-corrected chi connectivity index (χ3v) is 5.08. The van der Waals surface area contributed by atoms with Crippen molar-refractivity contribution < 1.29 is 45.6 Å². The molecular formula is C26H22N2O10. The SMILES string of the molecule is Nc1c(O)cccc1C(=O)O.O=c1c2cccc(O)c2[nH]c2cc(O)cc(O)c12.Oc1cc(O)cc(O)c1. The Morgan fingerprint density at radius 3 is 1.76 bits per heavy atom. The molecule has 196 valence electrons. The van der Waals surface area contributed by atoms with E-state index in [0.29, 0.717) is 0 Å². The molecule has 4 aromatic carbocycles. The quantitative estimate of drug-likeness (QED) is 0.0870. The largest absolute Gasteiger partial charge is 0.508 e. The first-order valence-corrected chi connectivity index (χ1v) is 10.6. The predicted octanol–water partition coefficient (Wildman–Crippen LogP) is 3.27. The van der Waals surface area contributed by atoms with E-state index in [4.69, 9.17) is 31.3 Å². The number of aromatic nitrogens is 1. The van der Waals surface area contributed by atoms with Crippen molar-refractivity contribution in [2.24, 2.45) is 0 Å². The first-order chi connectivity index (χ1) is 17.9. The molecule has 0 saturated carbocycles. The van der Waals surface area contributed by atoms with Crippen LogP contribution in [0.25, 0.3) is 21.8 Å². The number of fused-ring (bicyclic) bond motifs is 2. The van der Waals surface area contributed by atoms with Crippen molar-refractivity contribution in [1.82, 2.24) is 4.98 Å². The lowest BCUT2D eigenvalue weighted by Crippen LogP contribution is -2.04. The van der Waals surface area contributed by atoms with Gasteiger partial charge in [0, 0.05) is 30.3 Å². The average molecular weight is 522 g/mol. The number of para-hydroxylation sites is 2. The molecule has 38 heavy (non-hydrogen) atoms. The van der Waals surface area contributed by atoms with E-state index in [1.165, 1.54) is 30.3 Å². The molecule has 0 amide bonds. The Morgan fingerprint density at radius 2 is 1.21 bits per heavy atom. The number of aromatic hydroxyl groups is 7. The molecule has 0 bridgehead atoms. The Morgan fingerprint density at radius 1 is 0.684 bits per heavy atom. The smallest absolute Gasteiger partial charge is 0.337 e. The lowest BCUT2D eigenvalue weighted by molar-refractivity contribution is 0.0697. The van der Waals surface area contributed by atoms with E-state index in [9.17, 15) is 24.9 Å². The van der Waals surface area contributed by atoms with E-state index in [1.807, 2.05) is 0 Å². The minimum Gasteiger partial charge on any atom is -0.508 e. The number of pyridine rings is 1. The van der Waals surface area contributed by atoms with Gasteiger partial charge in [-0.3, -0.25) is 4.79 Å². The van der Waals surface area contributed by atoms with Crippen LogP contribution in [-0.4, -0.2) is 51.8 Å². The maximum atomic E-state index is 12.2. The molecule has 0 aliphatic heterocycles. The van der Waals surface area contributed by atoms with Gasteiger partial charge < -0.3 is 51.6 Å². The Balaban J connectivity index is 0.000000172. The number of nitrogens with two attached hydrogens (primary N) is 1. The number of H-pyrrole nitrogens is 1. The number of hydrogen-bond acceptors (Lipinski definition) is 10. The third kappa shape index (κ3) is 5.88. The van der Waals surface area contributed by atoms with Crippen LogP contribution in [-0.2, 0) is 0 Å². The highest BCUT2D eigenvalue weighted by Crippen LogP contribution is 2.30. The van der Waals surface area contributed by atoms with E-state index in [1.54, 1.807) is 12.1 Å². The van der Waals surface area contributed by atoms with Gasteiger partial charge >= 0.3 is 5.97 Å². The van der Waals surface area contributed by atoms with Crippen LogP contribution < -0.4 is 11.2 Å². The zero-order valence-electron chi connectivity index (χ0n) is 19.3. The number of phenols is 7. The van der Waals surface area contributed by atoms with Gasteiger partial charge in [0.15, 0.2) is 0 Å². The van der Waals surface area contributed by atoms with E-state index >= 15 is 0 Å². The second-order valence-electron chi connectivity index (χ2n) is 7.79. The Labute approximate surface area is 213 Å². The van der Waals surface area contributed by atoms with Crippen molar-refractivity contribution in [2.75, 3.05) is 5.73 Å². The summed E-state index contributed by atoms with van der Waals surface area (Å²) in [6.45, 7) is 0. The van der Waals surface area contributed by atoms with Crippen molar-refractivity contribution in [1.29, 1.82) is 0 Å². The molecule has 1 heterocycles. The number of benzene rings is 4. The number of hydrogen-bond donors (Lipinski definition) is 10. The van der Waals surface area contributed by atoms with Crippen LogP contribution in [0.3, 0.4) is 0 Å². The molecule has 0 aliphatic rings. The molecule has 0 saturated heterocycles. The van der Waals surface area contributed by atoms with Gasteiger partial charge in [0.1, 0.15) is 40.2 Å². The lowest BCUT2D eigenvalue weighted by Gasteiger charge is -2.06. The van der Waals surface area contributed by atoms with Crippen molar-refractivity contribution in [3.8, 4) is 40.2 Å². The standard InChI is InChI=1S/C13H9NO4.C7H7NO3.C6H6O3/c15-6-4-8-11(10(17)5-6)13(18)7-2-1-3-9(16)12(7)14-8;8-6-4(7(10)11)2-1-3-5(6)9;7-4-1-5(8)3-6(9)2-4/h1-5,15-17H,(H,14,18);1-3,9H,8H2,(H,10,11);1-3,7-9H. The summed E-state index contributed by atoms with van der Waals surface area (Å²) in [4.78, 5) is 25.4. The number of carboxylic acids is 1. The zero-order chi connectivity index (χ0) is 28.1. The van der Waals surface area contributed by atoms with Crippen LogP contribution in [0.5, 0.6) is 40.2 Å². The fraction of sp³-hybridized carbons (Fsp3) is 0. The number of carbonyl (C=O) groups is 1. The molecule has 0 atom stereocenters. The van der Waals surface area contributed by atoms with Crippen LogP contribution in [0.15, 0.2) is 71.5 Å². The van der Waals surface area contributed by atoms with Crippen molar-refractivity contribution in [3.05, 3.63) is 82.5 Å². The molecule has 12 nitrogen and oxygen atoms in total. The summed E-state index contributed by atoms with van der Waals surface area (Å²) < 4.78 is 0. The van der Waals surface area contributed by atoms with Crippen LogP contribution in [0, 0.1) is 0 Å². The van der Waals surface area contributed by atoms with Gasteiger partial charge in [-0.2, -0.15) is 0 Å². The molecule has 5 aromatic rings. The highest BCUT2D eigenvalue weighted by molar-refractivity contribution is 5.98. The van der Waals surface area contributed by atoms with Gasteiger partial charge in [0.05, 0.1) is 33.1 Å². The molecular weight excluding hydrogens is 500 g/mol. The number of carboxylic acid groups (broad SMARTS) is 1. The summed E-state index contributed by atoms with van der Waals surface area (Å²) in [6, 6.07) is 14.5. The maximum absolute atomic E-state index is 12.2. The van der Waals surface area contributed by atoms with Gasteiger partial charge in [0.25, 0.3) is 0 Å². The number of rotatable bonds is 1. The molecule has 0 fully saturated rings. The second kappa shape index (κ2) is 10.9. The molecule has 5 rings (SSSR count). The first-order valence-electron chi connectivity index (χ1n) is 10.6. The number of nitrogens with one attached hydrogen (secondary N) is 1. The number of nitrogen functional groups attached to an aromatic ring is 1. The van der Waals surface area contributed by atoms with Crippen molar-refractivity contribution in [3.63, 3.8) is 0 Å². The van der Waals surface area contributed by atoms with E-state index in [-0.39, 0.29) is 73.3 Å². The second-order valence-corrected chi connectivity index (χ2v) is 7.79. The highest BCUT2D eigenvalue weighted by Gasteiger charge is 2.12. The van der Waals surface area contributed by atoms with Gasteiger partial charge in [-0.05, 0) is 24.3 Å². The van der Waals surface area contributed by atoms with Crippen molar-refractivity contribution >= 4 is 33.5 Å². The van der Waals surface area contributed by atoms with Gasteiger partial charge in [0.2, 0.25) is 5.43 Å². The molecule has 0 aliphatic carbocycles. The van der Waals surface area contributed by atoms with Crippen molar-refractivity contribution in [2.45, 2.75) is 0 Å². The summed E-state index contributed by atoms with van der Waals surface area (Å²) in [6.07, 6.45) is 0. The summed E-state index contributed by atoms with van der Waals surface area (Å²) in [5.41, 5.74) is 5.23. The van der Waals surface area contributed by atoms with Crippen LogP contribution >= 0.6 is 0 Å². The molecule has 1 aromatic heterocycles. The normalized spacial score (nSPS) is 10.2. The summed E-state index contributed by atoms with van der Waals surface area (Å²) >= 11 is 0. The van der Waals surface area contributed by atoms with E-state index in [0.717, 1.165) is 24.3 Å². The van der Waals surface area contributed by atoms with E-state index < -0.39 is 11.4 Å². The fourth-order valence-corrected chi connectivity index (χ4v) is 3.40. The number of aromatic carboxylic acids is 1. The topological polar surface area (TPSA) is 238 Å². The van der Waals surface area contributed by atoms with Crippen LogP contribution in [0.1, 0.15) is 10.4 Å². The first kappa shape index (κ1) is 26.8. The zero-order valence-corrected chi connectivity index (χ0v) is 19.3. The minimum atomic E-state index is -1.14. The van der Waals surface area contributed by atoms with Gasteiger partial charge in [-0.15, -0.1) is 0 Å². The van der Waals surface area contributed by atoms with Gasteiger partial charge in [-0.25, -0.2) is 4.79 Å². The molecule has 0 unspecified atom stereocenters. The molecule has 0 radical (unpaired) electrons. The fourth-order valence-electron chi connectivity index (χ4n) is 3.40. The van der Waals surface area contributed by atoms with Crippen LogP contribution in [0.2, 0.25) is 0 Å². The van der Waals surface area contributed by atoms with E-state index in [2.05, 4.69) is 4.98 Å². The third-order valence-electron chi connectivity index (χ3n) is 5.08. The number of phenolic OH excluding ortho intramolecular Hbond substituents is 7. The van der Waals surface area contributed by atoms with Crippen LogP contribution in [0.4, 0.5) is 5.69 Å². The molecule has 0 spiro atoms. The summed E-state index contributed by atoms with van der Waals surface area (Å²) in [7, 11) is 0. The monoisotopic (exact) mass is 522 g/mol. The number of anilines is 1. The Hall–Kier alpha value is -5.78. The lowest BCUT2D eigenvalue weighted by atomic mass is 10.1. The summed E-state index contributed by atoms with van der Waals surface area (Å²) in [5, 5.41) is 72.7. The Kier molecular flexibility index (Phi) is 7.67. The minimum absolute atomic E-state index is 0.0608. The average Bonchev–Trinajstić information content (AvgIpc) is 2.81. The predicted molar refractivity (Wildman–Crippen MR) is 138 cm³/mol.